The Kier molecular flexibility index (Phi) is 4.80. The number of fused-ring (bicyclic) bond motifs is 1. The third-order valence-electron chi connectivity index (χ3n) is 5.62. The van der Waals surface area contributed by atoms with Crippen molar-refractivity contribution >= 4 is 11.7 Å². The van der Waals surface area contributed by atoms with E-state index >= 15 is 0 Å². The number of piperidine rings is 1. The van der Waals surface area contributed by atoms with E-state index in [1.165, 1.54) is 6.20 Å². The highest BCUT2D eigenvalue weighted by Gasteiger charge is 2.46. The summed E-state index contributed by atoms with van der Waals surface area (Å²) in [5.74, 6) is 0.162. The van der Waals surface area contributed by atoms with Gasteiger partial charge in [-0.25, -0.2) is 4.68 Å². The number of hydrogen-bond donors (Lipinski definition) is 2. The molecule has 0 unspecified atom stereocenters. The third kappa shape index (κ3) is 3.35. The zero-order chi connectivity index (χ0) is 19.9. The van der Waals surface area contributed by atoms with E-state index in [1.54, 1.807) is 17.0 Å². The van der Waals surface area contributed by atoms with Crippen molar-refractivity contribution in [1.82, 2.24) is 24.9 Å². The van der Waals surface area contributed by atoms with Crippen molar-refractivity contribution in [2.24, 2.45) is 0 Å². The molecule has 2 aliphatic rings. The van der Waals surface area contributed by atoms with E-state index in [4.69, 9.17) is 0 Å². The van der Waals surface area contributed by atoms with Crippen molar-refractivity contribution in [3.05, 3.63) is 29.7 Å². The third-order valence-corrected chi connectivity index (χ3v) is 5.62. The molecule has 1 amide bonds. The number of nitrogens with zero attached hydrogens (tertiary/aromatic N) is 4. The van der Waals surface area contributed by atoms with Crippen LogP contribution in [0.3, 0.4) is 0 Å². The molecule has 4 heterocycles. The van der Waals surface area contributed by atoms with Crippen molar-refractivity contribution in [3.63, 3.8) is 0 Å². The lowest BCUT2D eigenvalue weighted by Crippen LogP contribution is -2.40. The number of aromatic amines is 1. The van der Waals surface area contributed by atoms with E-state index < -0.39 is 12.2 Å². The quantitative estimate of drug-likeness (QED) is 0.830. The van der Waals surface area contributed by atoms with Gasteiger partial charge in [-0.3, -0.25) is 9.89 Å². The summed E-state index contributed by atoms with van der Waals surface area (Å²) in [6.07, 6.45) is 0.106. The highest BCUT2D eigenvalue weighted by molar-refractivity contribution is 5.92. The molecular weight excluding hydrogens is 373 g/mol. The average molecular weight is 396 g/mol. The van der Waals surface area contributed by atoms with Gasteiger partial charge in [0.25, 0.3) is 5.91 Å². The Balaban J connectivity index is 1.67. The van der Waals surface area contributed by atoms with Gasteiger partial charge in [0.05, 0.1) is 11.7 Å². The van der Waals surface area contributed by atoms with Crippen LogP contribution in [0.2, 0.25) is 0 Å². The molecule has 0 aromatic carbocycles. The number of aromatic nitrogens is 4. The molecule has 0 bridgehead atoms. The molecular formula is C18H23F3N6O. The van der Waals surface area contributed by atoms with Gasteiger partial charge in [0.15, 0.2) is 6.04 Å². The van der Waals surface area contributed by atoms with Crippen LogP contribution in [0.1, 0.15) is 67.3 Å². The first-order valence-electron chi connectivity index (χ1n) is 9.61. The maximum absolute atomic E-state index is 13.6. The van der Waals surface area contributed by atoms with Gasteiger partial charge in [-0.2, -0.15) is 23.4 Å². The van der Waals surface area contributed by atoms with Crippen molar-refractivity contribution in [2.45, 2.75) is 63.3 Å². The fourth-order valence-corrected chi connectivity index (χ4v) is 4.11. The zero-order valence-corrected chi connectivity index (χ0v) is 15.5. The molecule has 4 rings (SSSR count). The number of carbonyl (C=O) groups is 1. The summed E-state index contributed by atoms with van der Waals surface area (Å²) in [5, 5.41) is 14.0. The maximum Gasteiger partial charge on any atom is 0.410 e. The lowest BCUT2D eigenvalue weighted by atomic mass is 9.98. The summed E-state index contributed by atoms with van der Waals surface area (Å²) < 4.78 is 41.9. The van der Waals surface area contributed by atoms with Crippen LogP contribution in [0.25, 0.3) is 0 Å². The molecule has 0 aliphatic carbocycles. The fraction of sp³-hybridized carbons (Fsp3) is 0.611. The van der Waals surface area contributed by atoms with E-state index in [1.807, 2.05) is 6.92 Å². The predicted octanol–water partition coefficient (Wildman–Crippen LogP) is 3.67. The largest absolute Gasteiger partial charge is 0.410 e. The molecule has 0 saturated carbocycles. The number of likely N-dealkylation sites (tertiary alicyclic amines) is 1. The molecule has 28 heavy (non-hydrogen) atoms. The molecule has 0 spiro atoms. The molecule has 7 nitrogen and oxygen atoms in total. The fourth-order valence-electron chi connectivity index (χ4n) is 4.11. The van der Waals surface area contributed by atoms with Crippen molar-refractivity contribution in [1.29, 1.82) is 0 Å². The SMILES string of the molecule is CC[C@@H]1C[C@H](C(F)(F)F)n2nc([C@@H]3CCCCN3C(=O)c3ccn[nH]3)cc2N1. The van der Waals surface area contributed by atoms with E-state index in [0.29, 0.717) is 36.6 Å². The first kappa shape index (κ1) is 18.8. The van der Waals surface area contributed by atoms with Gasteiger partial charge in [-0.05, 0) is 38.2 Å². The average Bonchev–Trinajstić information content (AvgIpc) is 3.35. The molecule has 1 saturated heterocycles. The van der Waals surface area contributed by atoms with Crippen LogP contribution in [-0.2, 0) is 0 Å². The summed E-state index contributed by atoms with van der Waals surface area (Å²) in [5.41, 5.74) is 0.870. The smallest absolute Gasteiger partial charge is 0.367 e. The van der Waals surface area contributed by atoms with Crippen LogP contribution < -0.4 is 5.32 Å². The molecule has 2 aliphatic heterocycles. The number of rotatable bonds is 3. The molecule has 152 valence electrons. The number of nitrogens with one attached hydrogen (secondary N) is 2. The Bertz CT molecular complexity index is 831. The number of anilines is 1. The number of halogens is 3. The first-order chi connectivity index (χ1) is 13.4. The van der Waals surface area contributed by atoms with Crippen LogP contribution in [0, 0.1) is 0 Å². The van der Waals surface area contributed by atoms with Crippen LogP contribution in [-0.4, -0.2) is 49.5 Å². The minimum atomic E-state index is -4.37. The standard InChI is InChI=1S/C18H23F3N6O/c1-2-11-9-15(18(19,20)21)27-16(23-11)10-13(25-27)14-5-3-4-8-26(14)17(28)12-6-7-22-24-12/h6-7,10-11,14-15,23H,2-5,8-9H2,1H3,(H,22,24)/t11-,14+,15-/m1/s1. The Morgan fingerprint density at radius 3 is 2.86 bits per heavy atom. The van der Waals surface area contributed by atoms with Gasteiger partial charge in [0.1, 0.15) is 11.5 Å². The Morgan fingerprint density at radius 2 is 2.18 bits per heavy atom. The molecule has 1 fully saturated rings. The Labute approximate surface area is 160 Å². The molecule has 2 aromatic rings. The molecule has 2 aromatic heterocycles. The summed E-state index contributed by atoms with van der Waals surface area (Å²) in [4.78, 5) is 14.5. The van der Waals surface area contributed by atoms with Gasteiger partial charge in [0.2, 0.25) is 0 Å². The molecule has 10 heteroatoms. The van der Waals surface area contributed by atoms with E-state index in [9.17, 15) is 18.0 Å². The number of carbonyl (C=O) groups excluding carboxylic acids is 1. The van der Waals surface area contributed by atoms with Crippen molar-refractivity contribution in [2.75, 3.05) is 11.9 Å². The zero-order valence-electron chi connectivity index (χ0n) is 15.5. The Morgan fingerprint density at radius 1 is 1.36 bits per heavy atom. The summed E-state index contributed by atoms with van der Waals surface area (Å²) in [6.45, 7) is 2.41. The number of alkyl halides is 3. The second kappa shape index (κ2) is 7.14. The molecule has 2 N–H and O–H groups in total. The van der Waals surface area contributed by atoms with Gasteiger partial charge < -0.3 is 10.2 Å². The minimum Gasteiger partial charge on any atom is -0.367 e. The topological polar surface area (TPSA) is 78.8 Å². The highest BCUT2D eigenvalue weighted by atomic mass is 19.4. The van der Waals surface area contributed by atoms with Crippen LogP contribution in [0.4, 0.5) is 19.0 Å². The molecule has 3 atom stereocenters. The van der Waals surface area contributed by atoms with Gasteiger partial charge in [-0.1, -0.05) is 6.92 Å². The second-order valence-corrected chi connectivity index (χ2v) is 7.42. The monoisotopic (exact) mass is 396 g/mol. The van der Waals surface area contributed by atoms with Crippen molar-refractivity contribution in [3.8, 4) is 0 Å². The van der Waals surface area contributed by atoms with Gasteiger partial charge in [-0.15, -0.1) is 0 Å². The number of H-pyrrole nitrogens is 1. The predicted molar refractivity (Wildman–Crippen MR) is 95.9 cm³/mol. The molecule has 0 radical (unpaired) electrons. The van der Waals surface area contributed by atoms with Gasteiger partial charge >= 0.3 is 6.18 Å². The van der Waals surface area contributed by atoms with Crippen LogP contribution in [0.15, 0.2) is 18.3 Å². The summed E-state index contributed by atoms with van der Waals surface area (Å²) >= 11 is 0. The van der Waals surface area contributed by atoms with Crippen LogP contribution in [0.5, 0.6) is 0 Å². The minimum absolute atomic E-state index is 0.0461. The summed E-state index contributed by atoms with van der Waals surface area (Å²) in [7, 11) is 0. The Hall–Kier alpha value is -2.52. The number of hydrogen-bond acceptors (Lipinski definition) is 4. The van der Waals surface area contributed by atoms with E-state index in [0.717, 1.165) is 17.5 Å². The van der Waals surface area contributed by atoms with Gasteiger partial charge in [0, 0.05) is 24.8 Å². The maximum atomic E-state index is 13.6. The lowest BCUT2D eigenvalue weighted by Gasteiger charge is -2.34. The highest BCUT2D eigenvalue weighted by Crippen LogP contribution is 2.42. The normalized spacial score (nSPS) is 25.3. The van der Waals surface area contributed by atoms with E-state index in [-0.39, 0.29) is 24.4 Å². The second-order valence-electron chi connectivity index (χ2n) is 7.42. The van der Waals surface area contributed by atoms with Crippen LogP contribution >= 0.6 is 0 Å². The van der Waals surface area contributed by atoms with E-state index in [2.05, 4.69) is 20.6 Å². The number of amides is 1. The van der Waals surface area contributed by atoms with Crippen molar-refractivity contribution < 1.29 is 18.0 Å². The first-order valence-corrected chi connectivity index (χ1v) is 9.61. The summed E-state index contributed by atoms with van der Waals surface area (Å²) in [6, 6.07) is 1.02. The lowest BCUT2D eigenvalue weighted by molar-refractivity contribution is -0.173.